The van der Waals surface area contributed by atoms with Gasteiger partial charge >= 0.3 is 0 Å². The van der Waals surface area contributed by atoms with Crippen molar-refractivity contribution in [3.63, 3.8) is 0 Å². The standard InChI is InChI=1S/C18H22ClNO/c1-13-4-9-17(19)10-18(13)21-12-15-5-7-16(8-6-15)14(2)11-20-3/h4-10,14,20H,11-12H2,1-3H3. The van der Waals surface area contributed by atoms with Crippen molar-refractivity contribution in [1.29, 1.82) is 0 Å². The van der Waals surface area contributed by atoms with Gasteiger partial charge in [-0.1, -0.05) is 48.9 Å². The molecule has 0 amide bonds. The summed E-state index contributed by atoms with van der Waals surface area (Å²) in [6.45, 7) is 5.78. The van der Waals surface area contributed by atoms with Crippen LogP contribution in [0.5, 0.6) is 5.75 Å². The summed E-state index contributed by atoms with van der Waals surface area (Å²) in [4.78, 5) is 0. The number of benzene rings is 2. The third-order valence-electron chi connectivity index (χ3n) is 3.60. The molecular formula is C18H22ClNO. The minimum absolute atomic E-state index is 0.514. The third kappa shape index (κ3) is 4.48. The van der Waals surface area contributed by atoms with E-state index < -0.39 is 0 Å². The monoisotopic (exact) mass is 303 g/mol. The first-order chi connectivity index (χ1) is 10.1. The normalized spacial score (nSPS) is 12.2. The molecule has 0 radical (unpaired) electrons. The van der Waals surface area contributed by atoms with Crippen molar-refractivity contribution in [2.75, 3.05) is 13.6 Å². The van der Waals surface area contributed by atoms with Gasteiger partial charge in [-0.3, -0.25) is 0 Å². The molecule has 0 aromatic heterocycles. The van der Waals surface area contributed by atoms with E-state index in [0.29, 0.717) is 17.5 Å². The molecule has 2 aromatic rings. The largest absolute Gasteiger partial charge is 0.489 e. The first-order valence-corrected chi connectivity index (χ1v) is 7.60. The number of nitrogens with one attached hydrogen (secondary N) is 1. The number of aryl methyl sites for hydroxylation is 1. The summed E-state index contributed by atoms with van der Waals surface area (Å²) < 4.78 is 5.85. The summed E-state index contributed by atoms with van der Waals surface area (Å²) in [7, 11) is 1.98. The van der Waals surface area contributed by atoms with Crippen LogP contribution in [0.4, 0.5) is 0 Å². The summed E-state index contributed by atoms with van der Waals surface area (Å²) in [6, 6.07) is 14.3. The molecule has 1 unspecified atom stereocenters. The van der Waals surface area contributed by atoms with Crippen LogP contribution in [0.25, 0.3) is 0 Å². The maximum Gasteiger partial charge on any atom is 0.124 e. The third-order valence-corrected chi connectivity index (χ3v) is 3.84. The van der Waals surface area contributed by atoms with E-state index >= 15 is 0 Å². The Morgan fingerprint density at radius 2 is 1.86 bits per heavy atom. The summed E-state index contributed by atoms with van der Waals surface area (Å²) in [5.74, 6) is 1.36. The SMILES string of the molecule is CNCC(C)c1ccc(COc2cc(Cl)ccc2C)cc1. The quantitative estimate of drug-likeness (QED) is 0.845. The van der Waals surface area contributed by atoms with Crippen LogP contribution >= 0.6 is 11.6 Å². The molecule has 3 heteroatoms. The molecule has 0 aliphatic carbocycles. The van der Waals surface area contributed by atoms with Crippen molar-refractivity contribution >= 4 is 11.6 Å². The first-order valence-electron chi connectivity index (χ1n) is 7.22. The fourth-order valence-electron chi connectivity index (χ4n) is 2.26. The van der Waals surface area contributed by atoms with Crippen LogP contribution in [-0.2, 0) is 6.61 Å². The van der Waals surface area contributed by atoms with E-state index in [1.54, 1.807) is 0 Å². The van der Waals surface area contributed by atoms with Crippen molar-refractivity contribution in [3.05, 3.63) is 64.2 Å². The van der Waals surface area contributed by atoms with E-state index in [9.17, 15) is 0 Å². The molecule has 0 heterocycles. The molecular weight excluding hydrogens is 282 g/mol. The Bertz CT molecular complexity index is 580. The van der Waals surface area contributed by atoms with Gasteiger partial charge in [-0.25, -0.2) is 0 Å². The molecule has 0 spiro atoms. The predicted octanol–water partition coefficient (Wildman–Crippen LogP) is 4.55. The predicted molar refractivity (Wildman–Crippen MR) is 89.3 cm³/mol. The second-order valence-corrected chi connectivity index (χ2v) is 5.84. The second kappa shape index (κ2) is 7.48. The number of rotatable bonds is 6. The zero-order valence-electron chi connectivity index (χ0n) is 12.8. The number of halogens is 1. The Kier molecular flexibility index (Phi) is 5.66. The number of hydrogen-bond donors (Lipinski definition) is 1. The van der Waals surface area contributed by atoms with Gasteiger partial charge in [0.2, 0.25) is 0 Å². The minimum Gasteiger partial charge on any atom is -0.489 e. The molecule has 2 rings (SSSR count). The lowest BCUT2D eigenvalue weighted by molar-refractivity contribution is 0.304. The molecule has 0 saturated heterocycles. The lowest BCUT2D eigenvalue weighted by atomic mass is 10.00. The molecule has 0 fully saturated rings. The van der Waals surface area contributed by atoms with E-state index in [2.05, 4.69) is 36.5 Å². The van der Waals surface area contributed by atoms with Gasteiger partial charge in [-0.2, -0.15) is 0 Å². The molecule has 2 nitrogen and oxygen atoms in total. The summed E-state index contributed by atoms with van der Waals surface area (Å²) in [5.41, 5.74) is 3.60. The van der Waals surface area contributed by atoms with E-state index in [0.717, 1.165) is 23.4 Å². The summed E-state index contributed by atoms with van der Waals surface area (Å²) >= 11 is 6.00. The van der Waals surface area contributed by atoms with Crippen molar-refractivity contribution in [2.24, 2.45) is 0 Å². The lowest BCUT2D eigenvalue weighted by Gasteiger charge is -2.13. The highest BCUT2D eigenvalue weighted by molar-refractivity contribution is 6.30. The molecule has 2 aromatic carbocycles. The van der Waals surface area contributed by atoms with Crippen LogP contribution in [0, 0.1) is 6.92 Å². The summed E-state index contributed by atoms with van der Waals surface area (Å²) in [5, 5.41) is 3.90. The van der Waals surface area contributed by atoms with Crippen LogP contribution in [0.3, 0.4) is 0 Å². The smallest absolute Gasteiger partial charge is 0.124 e. The van der Waals surface area contributed by atoms with Gasteiger partial charge in [-0.05, 0) is 48.7 Å². The number of likely N-dealkylation sites (N-methyl/N-ethyl adjacent to an activating group) is 1. The van der Waals surface area contributed by atoms with Crippen LogP contribution in [0.1, 0.15) is 29.5 Å². The zero-order valence-corrected chi connectivity index (χ0v) is 13.6. The van der Waals surface area contributed by atoms with Gasteiger partial charge in [-0.15, -0.1) is 0 Å². The highest BCUT2D eigenvalue weighted by Gasteiger charge is 2.05. The average molecular weight is 304 g/mol. The average Bonchev–Trinajstić information content (AvgIpc) is 2.49. The Balaban J connectivity index is 1.99. The van der Waals surface area contributed by atoms with Crippen molar-refractivity contribution < 1.29 is 4.74 Å². The van der Waals surface area contributed by atoms with Crippen LogP contribution < -0.4 is 10.1 Å². The van der Waals surface area contributed by atoms with E-state index in [1.165, 1.54) is 5.56 Å². The van der Waals surface area contributed by atoms with Gasteiger partial charge in [0.1, 0.15) is 12.4 Å². The zero-order chi connectivity index (χ0) is 15.2. The van der Waals surface area contributed by atoms with Crippen molar-refractivity contribution in [3.8, 4) is 5.75 Å². The fraction of sp³-hybridized carbons (Fsp3) is 0.333. The molecule has 112 valence electrons. The minimum atomic E-state index is 0.514. The number of hydrogen-bond acceptors (Lipinski definition) is 2. The Morgan fingerprint density at radius 1 is 1.14 bits per heavy atom. The van der Waals surface area contributed by atoms with Gasteiger partial charge < -0.3 is 10.1 Å². The van der Waals surface area contributed by atoms with Crippen LogP contribution in [0.15, 0.2) is 42.5 Å². The molecule has 1 atom stereocenters. The molecule has 21 heavy (non-hydrogen) atoms. The highest BCUT2D eigenvalue weighted by atomic mass is 35.5. The summed E-state index contributed by atoms with van der Waals surface area (Å²) in [6.07, 6.45) is 0. The maximum absolute atomic E-state index is 6.00. The highest BCUT2D eigenvalue weighted by Crippen LogP contribution is 2.23. The molecule has 0 aliphatic heterocycles. The molecule has 1 N–H and O–H groups in total. The molecule has 0 saturated carbocycles. The van der Waals surface area contributed by atoms with Gasteiger partial charge in [0.25, 0.3) is 0 Å². The topological polar surface area (TPSA) is 21.3 Å². The second-order valence-electron chi connectivity index (χ2n) is 5.40. The van der Waals surface area contributed by atoms with Gasteiger partial charge in [0, 0.05) is 11.6 Å². The fourth-order valence-corrected chi connectivity index (χ4v) is 2.42. The first kappa shape index (κ1) is 15.9. The van der Waals surface area contributed by atoms with Crippen molar-refractivity contribution in [1.82, 2.24) is 5.32 Å². The Morgan fingerprint density at radius 3 is 2.52 bits per heavy atom. The number of ether oxygens (including phenoxy) is 1. The molecule has 0 aliphatic rings. The van der Waals surface area contributed by atoms with Crippen LogP contribution in [0.2, 0.25) is 5.02 Å². The maximum atomic E-state index is 6.00. The molecule has 0 bridgehead atoms. The lowest BCUT2D eigenvalue weighted by Crippen LogP contribution is -2.14. The van der Waals surface area contributed by atoms with Crippen molar-refractivity contribution in [2.45, 2.75) is 26.4 Å². The van der Waals surface area contributed by atoms with Gasteiger partial charge in [0.15, 0.2) is 0 Å². The van der Waals surface area contributed by atoms with E-state index in [4.69, 9.17) is 16.3 Å². The van der Waals surface area contributed by atoms with Crippen LogP contribution in [-0.4, -0.2) is 13.6 Å². The van der Waals surface area contributed by atoms with Gasteiger partial charge in [0.05, 0.1) is 0 Å². The van der Waals surface area contributed by atoms with E-state index in [-0.39, 0.29) is 0 Å². The van der Waals surface area contributed by atoms with E-state index in [1.807, 2.05) is 32.2 Å². The Labute approximate surface area is 132 Å². The Hall–Kier alpha value is -1.51.